The Balaban J connectivity index is 2.81. The van der Waals surface area contributed by atoms with Crippen LogP contribution < -0.4 is 0 Å². The Morgan fingerprint density at radius 1 is 1.58 bits per heavy atom. The lowest BCUT2D eigenvalue weighted by molar-refractivity contribution is -0.134. The second kappa shape index (κ2) is 2.88. The van der Waals surface area contributed by atoms with Crippen molar-refractivity contribution in [3.63, 3.8) is 0 Å². The van der Waals surface area contributed by atoms with E-state index in [2.05, 4.69) is 0 Å². The van der Waals surface area contributed by atoms with Gasteiger partial charge in [-0.2, -0.15) is 4.39 Å². The zero-order valence-electron chi connectivity index (χ0n) is 7.35. The van der Waals surface area contributed by atoms with Gasteiger partial charge in [0.05, 0.1) is 0 Å². The lowest BCUT2D eigenvalue weighted by Gasteiger charge is -2.14. The van der Waals surface area contributed by atoms with Crippen LogP contribution in [0.2, 0.25) is 0 Å². The largest absolute Gasteiger partial charge is 0.476 e. The van der Waals surface area contributed by atoms with E-state index >= 15 is 0 Å². The summed E-state index contributed by atoms with van der Waals surface area (Å²) in [5, 5.41) is 8.38. The van der Waals surface area contributed by atoms with E-state index in [4.69, 9.17) is 5.11 Å². The molecule has 1 aliphatic rings. The average molecular weight is 172 g/mol. The summed E-state index contributed by atoms with van der Waals surface area (Å²) in [5.74, 6) is -2.37. The summed E-state index contributed by atoms with van der Waals surface area (Å²) in [6.45, 7) is 4.05. The Kier molecular flexibility index (Phi) is 2.22. The Morgan fingerprint density at radius 2 is 2.17 bits per heavy atom. The molecule has 3 heteroatoms. The molecule has 1 aliphatic carbocycles. The molecule has 0 unspecified atom stereocenters. The van der Waals surface area contributed by atoms with Gasteiger partial charge < -0.3 is 5.11 Å². The molecule has 0 heterocycles. The number of rotatable bonds is 1. The third-order valence-electron chi connectivity index (χ3n) is 2.29. The van der Waals surface area contributed by atoms with E-state index in [1.807, 2.05) is 13.8 Å². The standard InChI is InChI=1S/C9H13FO2/c1-9(2)4-3-6(5-9)7(10)8(11)12/h3-5H2,1-2H3,(H,11,12). The first-order valence-electron chi connectivity index (χ1n) is 4.03. The molecule has 0 bridgehead atoms. The molecule has 0 amide bonds. The third-order valence-corrected chi connectivity index (χ3v) is 2.29. The van der Waals surface area contributed by atoms with Crippen molar-refractivity contribution >= 4 is 5.97 Å². The number of hydrogen-bond donors (Lipinski definition) is 1. The predicted octanol–water partition coefficient (Wildman–Crippen LogP) is 2.50. The van der Waals surface area contributed by atoms with E-state index < -0.39 is 11.8 Å². The second-order valence-corrected chi connectivity index (χ2v) is 4.06. The first-order chi connectivity index (χ1) is 5.42. The molecular formula is C9H13FO2. The molecule has 1 saturated carbocycles. The van der Waals surface area contributed by atoms with Crippen LogP contribution in [0, 0.1) is 5.41 Å². The molecule has 1 N–H and O–H groups in total. The number of aliphatic carboxylic acids is 1. The van der Waals surface area contributed by atoms with Gasteiger partial charge in [0.2, 0.25) is 5.83 Å². The van der Waals surface area contributed by atoms with Crippen molar-refractivity contribution in [3.05, 3.63) is 11.4 Å². The molecule has 12 heavy (non-hydrogen) atoms. The molecule has 1 fully saturated rings. The topological polar surface area (TPSA) is 37.3 Å². The Morgan fingerprint density at radius 3 is 2.50 bits per heavy atom. The van der Waals surface area contributed by atoms with E-state index in [0.717, 1.165) is 6.42 Å². The molecule has 0 saturated heterocycles. The zero-order valence-corrected chi connectivity index (χ0v) is 7.35. The molecule has 0 spiro atoms. The molecule has 0 aromatic carbocycles. The van der Waals surface area contributed by atoms with Crippen LogP contribution in [0.4, 0.5) is 4.39 Å². The molecule has 68 valence electrons. The quantitative estimate of drug-likeness (QED) is 0.617. The highest BCUT2D eigenvalue weighted by Gasteiger charge is 2.30. The van der Waals surface area contributed by atoms with Crippen molar-refractivity contribution in [3.8, 4) is 0 Å². The SMILES string of the molecule is CC1(C)CCC(=C(F)C(=O)O)C1. The molecule has 0 atom stereocenters. The number of allylic oxidation sites excluding steroid dienone is 1. The minimum Gasteiger partial charge on any atom is -0.476 e. The highest BCUT2D eigenvalue weighted by molar-refractivity contribution is 5.85. The van der Waals surface area contributed by atoms with Crippen molar-refractivity contribution in [2.75, 3.05) is 0 Å². The van der Waals surface area contributed by atoms with E-state index in [1.165, 1.54) is 0 Å². The summed E-state index contributed by atoms with van der Waals surface area (Å²) in [5.41, 5.74) is 0.537. The maximum Gasteiger partial charge on any atom is 0.364 e. The van der Waals surface area contributed by atoms with Crippen LogP contribution in [0.5, 0.6) is 0 Å². The van der Waals surface area contributed by atoms with Gasteiger partial charge in [-0.05, 0) is 30.3 Å². The lowest BCUT2D eigenvalue weighted by atomic mass is 9.91. The van der Waals surface area contributed by atoms with E-state index in [0.29, 0.717) is 18.4 Å². The van der Waals surface area contributed by atoms with Gasteiger partial charge in [-0.25, -0.2) is 4.79 Å². The van der Waals surface area contributed by atoms with Crippen LogP contribution in [0.15, 0.2) is 11.4 Å². The zero-order chi connectivity index (χ0) is 9.35. The van der Waals surface area contributed by atoms with Crippen LogP contribution in [-0.4, -0.2) is 11.1 Å². The monoisotopic (exact) mass is 172 g/mol. The van der Waals surface area contributed by atoms with E-state index in [-0.39, 0.29) is 5.41 Å². The van der Waals surface area contributed by atoms with Gasteiger partial charge in [0.1, 0.15) is 0 Å². The first-order valence-corrected chi connectivity index (χ1v) is 4.03. The van der Waals surface area contributed by atoms with Crippen molar-refractivity contribution < 1.29 is 14.3 Å². The molecule has 0 radical (unpaired) electrons. The maximum atomic E-state index is 12.9. The Bertz CT molecular complexity index is 241. The summed E-state index contributed by atoms with van der Waals surface area (Å²) in [7, 11) is 0. The minimum absolute atomic E-state index is 0.0716. The summed E-state index contributed by atoms with van der Waals surface area (Å²) in [6.07, 6.45) is 2.04. The molecular weight excluding hydrogens is 159 g/mol. The Hall–Kier alpha value is -0.860. The van der Waals surface area contributed by atoms with Gasteiger partial charge in [-0.3, -0.25) is 0 Å². The number of carboxylic acid groups (broad SMARTS) is 1. The van der Waals surface area contributed by atoms with Gasteiger partial charge in [0.25, 0.3) is 0 Å². The fourth-order valence-corrected chi connectivity index (χ4v) is 1.58. The molecule has 2 nitrogen and oxygen atoms in total. The fraction of sp³-hybridized carbons (Fsp3) is 0.667. The van der Waals surface area contributed by atoms with Crippen LogP contribution in [0.1, 0.15) is 33.1 Å². The van der Waals surface area contributed by atoms with Crippen LogP contribution >= 0.6 is 0 Å². The van der Waals surface area contributed by atoms with Gasteiger partial charge in [0.15, 0.2) is 0 Å². The third kappa shape index (κ3) is 1.84. The molecule has 0 aromatic heterocycles. The first kappa shape index (κ1) is 9.23. The summed E-state index contributed by atoms with van der Waals surface area (Å²) < 4.78 is 12.9. The van der Waals surface area contributed by atoms with Crippen molar-refractivity contribution in [1.82, 2.24) is 0 Å². The molecule has 0 aromatic rings. The number of halogens is 1. The highest BCUT2D eigenvalue weighted by atomic mass is 19.1. The van der Waals surface area contributed by atoms with Gasteiger partial charge in [-0.15, -0.1) is 0 Å². The molecule has 0 aliphatic heterocycles. The molecule has 1 rings (SSSR count). The number of hydrogen-bond acceptors (Lipinski definition) is 1. The summed E-state index contributed by atoms with van der Waals surface area (Å²) in [4.78, 5) is 10.3. The highest BCUT2D eigenvalue weighted by Crippen LogP contribution is 2.41. The van der Waals surface area contributed by atoms with Gasteiger partial charge in [0, 0.05) is 0 Å². The normalized spacial score (nSPS) is 25.6. The predicted molar refractivity (Wildman–Crippen MR) is 43.4 cm³/mol. The van der Waals surface area contributed by atoms with Crippen LogP contribution in [0.25, 0.3) is 0 Å². The average Bonchev–Trinajstić information content (AvgIpc) is 2.28. The van der Waals surface area contributed by atoms with Gasteiger partial charge >= 0.3 is 5.97 Å². The van der Waals surface area contributed by atoms with Crippen molar-refractivity contribution in [2.45, 2.75) is 33.1 Å². The van der Waals surface area contributed by atoms with Crippen molar-refractivity contribution in [1.29, 1.82) is 0 Å². The smallest absolute Gasteiger partial charge is 0.364 e. The van der Waals surface area contributed by atoms with E-state index in [1.54, 1.807) is 0 Å². The van der Waals surface area contributed by atoms with Crippen LogP contribution in [0.3, 0.4) is 0 Å². The van der Waals surface area contributed by atoms with Gasteiger partial charge in [-0.1, -0.05) is 13.8 Å². The number of carbonyl (C=O) groups is 1. The maximum absolute atomic E-state index is 12.9. The summed E-state index contributed by atoms with van der Waals surface area (Å²) >= 11 is 0. The second-order valence-electron chi connectivity index (χ2n) is 4.06. The van der Waals surface area contributed by atoms with Crippen molar-refractivity contribution in [2.24, 2.45) is 5.41 Å². The minimum atomic E-state index is -1.43. The lowest BCUT2D eigenvalue weighted by Crippen LogP contribution is -2.04. The summed E-state index contributed by atoms with van der Waals surface area (Å²) in [6, 6.07) is 0. The van der Waals surface area contributed by atoms with Crippen LogP contribution in [-0.2, 0) is 4.79 Å². The Labute approximate surface area is 71.1 Å². The fourth-order valence-electron chi connectivity index (χ4n) is 1.58. The number of carboxylic acids is 1. The van der Waals surface area contributed by atoms with E-state index in [9.17, 15) is 9.18 Å².